The highest BCUT2D eigenvalue weighted by atomic mass is 35.5. The largest absolute Gasteiger partial charge is 0.487 e. The molecule has 1 amide bonds. The van der Waals surface area contributed by atoms with Gasteiger partial charge in [0.25, 0.3) is 5.91 Å². The summed E-state index contributed by atoms with van der Waals surface area (Å²) in [5, 5.41) is 11.4. The molecule has 7 nitrogen and oxygen atoms in total. The molecule has 2 aromatic carbocycles. The van der Waals surface area contributed by atoms with Gasteiger partial charge in [-0.15, -0.1) is 0 Å². The van der Waals surface area contributed by atoms with E-state index in [1.54, 1.807) is 18.2 Å². The Kier molecular flexibility index (Phi) is 8.53. The number of hydrogen-bond acceptors (Lipinski definition) is 6. The molecule has 2 aromatic rings. The van der Waals surface area contributed by atoms with Crippen molar-refractivity contribution in [2.75, 3.05) is 18.0 Å². The molecule has 0 unspecified atom stereocenters. The number of amides is 1. The van der Waals surface area contributed by atoms with E-state index in [0.717, 1.165) is 75.7 Å². The second-order valence-electron chi connectivity index (χ2n) is 12.6. The van der Waals surface area contributed by atoms with Gasteiger partial charge in [-0.25, -0.2) is 13.1 Å². The summed E-state index contributed by atoms with van der Waals surface area (Å²) in [5.41, 5.74) is 3.39. The number of aliphatic hydroxyl groups excluding tert-OH is 1. The molecule has 2 heterocycles. The minimum Gasteiger partial charge on any atom is -0.487 e. The lowest BCUT2D eigenvalue weighted by Gasteiger charge is -2.43. The average Bonchev–Trinajstić information content (AvgIpc) is 2.97. The van der Waals surface area contributed by atoms with Gasteiger partial charge in [-0.2, -0.15) is 0 Å². The number of carbonyl (C=O) groups excluding carboxylic acids is 1. The van der Waals surface area contributed by atoms with Crippen LogP contribution in [-0.2, 0) is 23.1 Å². The molecule has 6 rings (SSSR count). The first-order valence-electron chi connectivity index (χ1n) is 15.3. The number of fused-ring (bicyclic) bond motifs is 5. The highest BCUT2D eigenvalue weighted by Gasteiger charge is 2.39. The Hall–Kier alpha value is -2.29. The van der Waals surface area contributed by atoms with E-state index in [1.165, 1.54) is 5.56 Å². The number of aryl methyl sites for hydroxylation is 1. The van der Waals surface area contributed by atoms with Crippen molar-refractivity contribution < 1.29 is 23.1 Å². The van der Waals surface area contributed by atoms with E-state index in [4.69, 9.17) is 16.3 Å². The molecule has 2 aliphatic heterocycles. The van der Waals surface area contributed by atoms with Crippen LogP contribution in [0.1, 0.15) is 85.7 Å². The van der Waals surface area contributed by atoms with Crippen LogP contribution in [-0.4, -0.2) is 43.9 Å². The summed E-state index contributed by atoms with van der Waals surface area (Å²) < 4.78 is 35.4. The molecule has 2 saturated carbocycles. The number of ether oxygens (including phenoxy) is 1. The molecule has 41 heavy (non-hydrogen) atoms. The molecule has 0 radical (unpaired) electrons. The monoisotopic (exact) mass is 600 g/mol. The van der Waals surface area contributed by atoms with Crippen LogP contribution < -0.4 is 14.4 Å². The summed E-state index contributed by atoms with van der Waals surface area (Å²) >= 11 is 6.31. The van der Waals surface area contributed by atoms with Gasteiger partial charge in [0.1, 0.15) is 12.4 Å². The fourth-order valence-corrected chi connectivity index (χ4v) is 9.11. The van der Waals surface area contributed by atoms with Crippen LogP contribution in [0.3, 0.4) is 0 Å². The lowest BCUT2D eigenvalue weighted by molar-refractivity contribution is 0.00626. The predicted molar refractivity (Wildman–Crippen MR) is 161 cm³/mol. The zero-order valence-electron chi connectivity index (χ0n) is 23.6. The molecular formula is C32H41ClN2O5S. The van der Waals surface area contributed by atoms with Crippen LogP contribution in [0.25, 0.3) is 0 Å². The van der Waals surface area contributed by atoms with E-state index < -0.39 is 21.2 Å². The molecule has 2 fully saturated rings. The smallest absolute Gasteiger partial charge is 0.264 e. The summed E-state index contributed by atoms with van der Waals surface area (Å²) in [6, 6.07) is 11.2. The Bertz CT molecular complexity index is 1380. The van der Waals surface area contributed by atoms with Crippen molar-refractivity contribution in [3.05, 3.63) is 58.1 Å². The average molecular weight is 601 g/mol. The molecule has 4 bridgehead atoms. The minimum atomic E-state index is -3.82. The Morgan fingerprint density at radius 2 is 1.83 bits per heavy atom. The first-order valence-corrected chi connectivity index (χ1v) is 17.2. The SMILES string of the molecule is O=C1NS(=O)(=O)[C@@H]2CCC[C@@H](CC[C@H](O)[C@@H]3CC[C@H]3CN3CCCCc4cc(Cl)ccc4COc4ccc1cc43)C2. The molecule has 2 N–H and O–H groups in total. The second kappa shape index (κ2) is 12.1. The first-order chi connectivity index (χ1) is 19.8. The molecule has 2 aliphatic carbocycles. The van der Waals surface area contributed by atoms with Crippen molar-refractivity contribution >= 4 is 33.2 Å². The van der Waals surface area contributed by atoms with Gasteiger partial charge in [-0.3, -0.25) is 4.79 Å². The van der Waals surface area contributed by atoms with Gasteiger partial charge in [0.15, 0.2) is 0 Å². The molecule has 9 heteroatoms. The fourth-order valence-electron chi connectivity index (χ4n) is 7.37. The number of halogens is 1. The number of aliphatic hydroxyl groups is 1. The van der Waals surface area contributed by atoms with Crippen LogP contribution in [0, 0.1) is 17.8 Å². The molecule has 0 spiro atoms. The number of nitrogens with one attached hydrogen (secondary N) is 1. The summed E-state index contributed by atoms with van der Waals surface area (Å²) in [7, 11) is -3.82. The van der Waals surface area contributed by atoms with Crippen molar-refractivity contribution in [2.45, 2.75) is 88.6 Å². The van der Waals surface area contributed by atoms with Crippen LogP contribution in [0.2, 0.25) is 5.02 Å². The quantitative estimate of drug-likeness (QED) is 0.393. The highest BCUT2D eigenvalue weighted by molar-refractivity contribution is 7.90. The van der Waals surface area contributed by atoms with Gasteiger partial charge in [0, 0.05) is 23.7 Å². The van der Waals surface area contributed by atoms with E-state index in [1.807, 2.05) is 18.2 Å². The maximum absolute atomic E-state index is 13.4. The molecule has 4 aliphatic rings. The van der Waals surface area contributed by atoms with Gasteiger partial charge in [-0.05, 0) is 117 Å². The minimum absolute atomic E-state index is 0.242. The van der Waals surface area contributed by atoms with Crippen molar-refractivity contribution in [3.63, 3.8) is 0 Å². The predicted octanol–water partition coefficient (Wildman–Crippen LogP) is 5.86. The third-order valence-electron chi connectivity index (χ3n) is 9.94. The van der Waals surface area contributed by atoms with Crippen molar-refractivity contribution in [2.24, 2.45) is 17.8 Å². The zero-order valence-corrected chi connectivity index (χ0v) is 25.1. The van der Waals surface area contributed by atoms with E-state index >= 15 is 0 Å². The molecule has 0 aromatic heterocycles. The highest BCUT2D eigenvalue weighted by Crippen LogP contribution is 2.42. The number of sulfonamides is 1. The number of hydrogen-bond donors (Lipinski definition) is 2. The third kappa shape index (κ3) is 6.40. The Balaban J connectivity index is 1.36. The van der Waals surface area contributed by atoms with Gasteiger partial charge in [0.2, 0.25) is 10.0 Å². The van der Waals surface area contributed by atoms with Crippen LogP contribution >= 0.6 is 11.6 Å². The van der Waals surface area contributed by atoms with E-state index in [9.17, 15) is 18.3 Å². The van der Waals surface area contributed by atoms with Crippen molar-refractivity contribution in [1.29, 1.82) is 0 Å². The zero-order chi connectivity index (χ0) is 28.6. The number of nitrogens with zero attached hydrogens (tertiary/aromatic N) is 1. The number of anilines is 1. The lowest BCUT2D eigenvalue weighted by Crippen LogP contribution is -2.44. The van der Waals surface area contributed by atoms with Gasteiger partial charge in [0.05, 0.1) is 17.0 Å². The number of rotatable bonds is 0. The van der Waals surface area contributed by atoms with Crippen molar-refractivity contribution in [1.82, 2.24) is 4.72 Å². The van der Waals surface area contributed by atoms with E-state index in [2.05, 4.69) is 9.62 Å². The second-order valence-corrected chi connectivity index (χ2v) is 15.0. The molecular weight excluding hydrogens is 560 g/mol. The van der Waals surface area contributed by atoms with Gasteiger partial charge < -0.3 is 14.7 Å². The Morgan fingerprint density at radius 3 is 2.66 bits per heavy atom. The molecule has 5 atom stereocenters. The van der Waals surface area contributed by atoms with Gasteiger partial charge >= 0.3 is 0 Å². The normalized spacial score (nSPS) is 30.3. The summed E-state index contributed by atoms with van der Waals surface area (Å²) in [6.07, 6.45) is 8.99. The summed E-state index contributed by atoms with van der Waals surface area (Å²) in [4.78, 5) is 15.7. The topological polar surface area (TPSA) is 95.9 Å². The van der Waals surface area contributed by atoms with E-state index in [0.29, 0.717) is 48.1 Å². The number of carbonyl (C=O) groups is 1. The Labute approximate surface area is 248 Å². The maximum atomic E-state index is 13.4. The van der Waals surface area contributed by atoms with Crippen molar-refractivity contribution in [3.8, 4) is 5.75 Å². The third-order valence-corrected chi connectivity index (χ3v) is 12.0. The number of benzene rings is 2. The van der Waals surface area contributed by atoms with Crippen LogP contribution in [0.15, 0.2) is 36.4 Å². The standard InChI is InChI=1S/C32H41ClN2O5S/c33-26-11-8-25-20-40-31-14-10-23-18-29(31)35(15-2-1-5-22(25)17-26)19-24-9-12-28(24)30(36)13-7-21-4-3-6-27(16-21)41(38,39)34-32(23)37/h8,10-11,14,17-18,21,24,27-28,30,36H,1-7,9,12-13,15-16,19-20H2,(H,34,37)/t21-,24-,27+,28+,30-/m0/s1. The van der Waals surface area contributed by atoms with E-state index in [-0.39, 0.29) is 17.9 Å². The lowest BCUT2D eigenvalue weighted by atomic mass is 9.69. The molecule has 0 saturated heterocycles. The molecule has 222 valence electrons. The van der Waals surface area contributed by atoms with Gasteiger partial charge in [-0.1, -0.05) is 30.5 Å². The van der Waals surface area contributed by atoms with Crippen LogP contribution in [0.5, 0.6) is 5.75 Å². The fraction of sp³-hybridized carbons (Fsp3) is 0.594. The summed E-state index contributed by atoms with van der Waals surface area (Å²) in [5.74, 6) is 0.943. The summed E-state index contributed by atoms with van der Waals surface area (Å²) in [6.45, 7) is 1.92. The van der Waals surface area contributed by atoms with Crippen LogP contribution in [0.4, 0.5) is 5.69 Å². The first kappa shape index (κ1) is 28.8. The Morgan fingerprint density at radius 1 is 0.951 bits per heavy atom. The maximum Gasteiger partial charge on any atom is 0.264 e.